The molecule has 2 aromatic carbocycles. The fourth-order valence-electron chi connectivity index (χ4n) is 2.51. The van der Waals surface area contributed by atoms with E-state index in [9.17, 15) is 22.8 Å². The fraction of sp³-hybridized carbons (Fsp3) is 0.100. The van der Waals surface area contributed by atoms with Crippen LogP contribution < -0.4 is 5.32 Å². The lowest BCUT2D eigenvalue weighted by molar-refractivity contribution is -0.137. The van der Waals surface area contributed by atoms with Crippen LogP contribution in [-0.4, -0.2) is 18.1 Å². The van der Waals surface area contributed by atoms with Crippen LogP contribution in [0.2, 0.25) is 0 Å². The van der Waals surface area contributed by atoms with E-state index in [0.29, 0.717) is 11.1 Å². The van der Waals surface area contributed by atoms with Gasteiger partial charge in [-0.3, -0.25) is 9.59 Å². The Kier molecular flexibility index (Phi) is 4.63. The molecule has 0 radical (unpaired) electrons. The number of fused-ring (bicyclic) bond motifs is 1. The van der Waals surface area contributed by atoms with Gasteiger partial charge in [-0.05, 0) is 18.2 Å². The molecule has 26 heavy (non-hydrogen) atoms. The number of nitrogens with one attached hydrogen (secondary N) is 1. The van der Waals surface area contributed by atoms with Gasteiger partial charge in [0.15, 0.2) is 5.78 Å². The zero-order valence-corrected chi connectivity index (χ0v) is 13.4. The summed E-state index contributed by atoms with van der Waals surface area (Å²) in [7, 11) is 0. The van der Waals surface area contributed by atoms with E-state index in [2.05, 4.69) is 17.2 Å². The molecule has 0 bridgehead atoms. The first-order valence-electron chi connectivity index (χ1n) is 7.66. The Morgan fingerprint density at radius 3 is 2.42 bits per heavy atom. The van der Waals surface area contributed by atoms with E-state index in [0.717, 1.165) is 12.1 Å². The lowest BCUT2D eigenvalue weighted by Crippen LogP contribution is -2.27. The zero-order valence-electron chi connectivity index (χ0n) is 13.4. The van der Waals surface area contributed by atoms with E-state index in [4.69, 9.17) is 0 Å². The van der Waals surface area contributed by atoms with Crippen molar-refractivity contribution in [3.63, 3.8) is 0 Å². The van der Waals surface area contributed by atoms with Crippen LogP contribution in [0.4, 0.5) is 13.2 Å². The maximum Gasteiger partial charge on any atom is 0.416 e. The number of rotatable bonds is 2. The molecule has 1 aliphatic rings. The molecule has 130 valence electrons. The lowest BCUT2D eigenvalue weighted by atomic mass is 9.93. The third-order valence-electron chi connectivity index (χ3n) is 3.75. The van der Waals surface area contributed by atoms with Gasteiger partial charge >= 0.3 is 6.18 Å². The van der Waals surface area contributed by atoms with Crippen molar-refractivity contribution < 1.29 is 22.8 Å². The SMILES string of the molecule is O=C1C=C(NCC#Cc2cccc(C(F)(F)F)c2)C(=O)c2ccccc21. The first-order valence-corrected chi connectivity index (χ1v) is 7.66. The van der Waals surface area contributed by atoms with E-state index in [1.807, 2.05) is 0 Å². The average molecular weight is 355 g/mol. The van der Waals surface area contributed by atoms with Crippen molar-refractivity contribution in [2.24, 2.45) is 0 Å². The van der Waals surface area contributed by atoms with Crippen LogP contribution in [0.1, 0.15) is 31.8 Å². The summed E-state index contributed by atoms with van der Waals surface area (Å²) in [6.45, 7) is 0.0171. The summed E-state index contributed by atoms with van der Waals surface area (Å²) in [6.07, 6.45) is -3.22. The molecule has 0 heterocycles. The van der Waals surface area contributed by atoms with Crippen molar-refractivity contribution in [2.45, 2.75) is 6.18 Å². The number of carbonyl (C=O) groups excluding carboxylic acids is 2. The van der Waals surface area contributed by atoms with Crippen LogP contribution in [-0.2, 0) is 6.18 Å². The van der Waals surface area contributed by atoms with E-state index in [-0.39, 0.29) is 29.4 Å². The molecule has 0 fully saturated rings. The third-order valence-corrected chi connectivity index (χ3v) is 3.75. The monoisotopic (exact) mass is 355 g/mol. The van der Waals surface area contributed by atoms with Crippen molar-refractivity contribution in [3.05, 3.63) is 82.6 Å². The van der Waals surface area contributed by atoms with Crippen molar-refractivity contribution in [2.75, 3.05) is 6.54 Å². The number of Topliss-reactive ketones (excluding diaryl/α,β-unsaturated/α-hetero) is 1. The van der Waals surface area contributed by atoms with Gasteiger partial charge in [0.2, 0.25) is 5.78 Å². The Bertz CT molecular complexity index is 978. The van der Waals surface area contributed by atoms with Gasteiger partial charge in [0, 0.05) is 22.8 Å². The van der Waals surface area contributed by atoms with Crippen LogP contribution in [0.25, 0.3) is 0 Å². The topological polar surface area (TPSA) is 46.2 Å². The van der Waals surface area contributed by atoms with Crippen LogP contribution in [0, 0.1) is 11.8 Å². The maximum atomic E-state index is 12.7. The second-order valence-electron chi connectivity index (χ2n) is 5.53. The summed E-state index contributed by atoms with van der Waals surface area (Å²) < 4.78 is 38.0. The second-order valence-corrected chi connectivity index (χ2v) is 5.53. The first kappa shape index (κ1) is 17.5. The highest BCUT2D eigenvalue weighted by Gasteiger charge is 2.30. The minimum absolute atomic E-state index is 0.0171. The Balaban J connectivity index is 1.70. The molecule has 0 amide bonds. The molecule has 3 nitrogen and oxygen atoms in total. The lowest BCUT2D eigenvalue weighted by Gasteiger charge is -2.15. The van der Waals surface area contributed by atoms with Crippen LogP contribution >= 0.6 is 0 Å². The molecule has 0 unspecified atom stereocenters. The molecule has 0 spiro atoms. The summed E-state index contributed by atoms with van der Waals surface area (Å²) in [4.78, 5) is 24.3. The fourth-order valence-corrected chi connectivity index (χ4v) is 2.51. The Labute approximate surface area is 147 Å². The maximum absolute atomic E-state index is 12.7. The number of hydrogen-bond donors (Lipinski definition) is 1. The molecule has 2 aromatic rings. The predicted molar refractivity (Wildman–Crippen MR) is 89.5 cm³/mol. The normalized spacial score (nSPS) is 13.4. The summed E-state index contributed by atoms with van der Waals surface area (Å²) in [6, 6.07) is 11.2. The van der Waals surface area contributed by atoms with Gasteiger partial charge < -0.3 is 5.32 Å². The highest BCUT2D eigenvalue weighted by molar-refractivity contribution is 6.24. The van der Waals surface area contributed by atoms with Gasteiger partial charge in [-0.1, -0.05) is 42.2 Å². The molecule has 0 aliphatic heterocycles. The average Bonchev–Trinajstić information content (AvgIpc) is 2.62. The first-order chi connectivity index (χ1) is 12.4. The zero-order chi connectivity index (χ0) is 18.7. The number of halogens is 3. The van der Waals surface area contributed by atoms with Gasteiger partial charge in [0.05, 0.1) is 17.8 Å². The second kappa shape index (κ2) is 6.89. The van der Waals surface area contributed by atoms with E-state index >= 15 is 0 Å². The Hall–Kier alpha value is -3.33. The van der Waals surface area contributed by atoms with Gasteiger partial charge in [0.1, 0.15) is 0 Å². The minimum Gasteiger partial charge on any atom is -0.371 e. The van der Waals surface area contributed by atoms with E-state index in [1.165, 1.54) is 18.2 Å². The summed E-state index contributed by atoms with van der Waals surface area (Å²) in [5, 5.41) is 2.75. The molecule has 0 saturated carbocycles. The summed E-state index contributed by atoms with van der Waals surface area (Å²) in [5.41, 5.74) is 0.218. The van der Waals surface area contributed by atoms with Crippen molar-refractivity contribution in [1.29, 1.82) is 0 Å². The van der Waals surface area contributed by atoms with Gasteiger partial charge in [0.25, 0.3) is 0 Å². The summed E-state index contributed by atoms with van der Waals surface area (Å²) >= 11 is 0. The van der Waals surface area contributed by atoms with E-state index in [1.54, 1.807) is 24.3 Å². The molecule has 1 aliphatic carbocycles. The number of carbonyl (C=O) groups is 2. The molecule has 6 heteroatoms. The number of benzene rings is 2. The standard InChI is InChI=1S/C20H12F3NO2/c21-20(22,23)14-7-3-5-13(11-14)6-4-10-24-17-12-18(25)15-8-1-2-9-16(15)19(17)26/h1-3,5,7-9,11-12,24H,10H2. The minimum atomic E-state index is -4.43. The highest BCUT2D eigenvalue weighted by Crippen LogP contribution is 2.29. The Morgan fingerprint density at radius 2 is 1.69 bits per heavy atom. The predicted octanol–water partition coefficient (Wildman–Crippen LogP) is 3.61. The van der Waals surface area contributed by atoms with Gasteiger partial charge in [-0.2, -0.15) is 13.2 Å². The molecular weight excluding hydrogens is 343 g/mol. The smallest absolute Gasteiger partial charge is 0.371 e. The number of alkyl halides is 3. The molecule has 3 rings (SSSR count). The third kappa shape index (κ3) is 3.67. The van der Waals surface area contributed by atoms with Crippen molar-refractivity contribution in [3.8, 4) is 11.8 Å². The van der Waals surface area contributed by atoms with E-state index < -0.39 is 11.7 Å². The molecule has 0 aromatic heterocycles. The van der Waals surface area contributed by atoms with Crippen LogP contribution in [0.15, 0.2) is 60.3 Å². The van der Waals surface area contributed by atoms with Gasteiger partial charge in [-0.25, -0.2) is 0 Å². The molecule has 1 N–H and O–H groups in total. The summed E-state index contributed by atoms with van der Waals surface area (Å²) in [5.74, 6) is 4.66. The molecule has 0 saturated heterocycles. The van der Waals surface area contributed by atoms with Crippen molar-refractivity contribution >= 4 is 11.6 Å². The molecule has 0 atom stereocenters. The van der Waals surface area contributed by atoms with Crippen molar-refractivity contribution in [1.82, 2.24) is 5.32 Å². The molecular formula is C20H12F3NO2. The largest absolute Gasteiger partial charge is 0.416 e. The van der Waals surface area contributed by atoms with Crippen LogP contribution in [0.5, 0.6) is 0 Å². The quantitative estimate of drug-likeness (QED) is 0.837. The highest BCUT2D eigenvalue weighted by atomic mass is 19.4. The Morgan fingerprint density at radius 1 is 0.962 bits per heavy atom. The van der Waals surface area contributed by atoms with Crippen LogP contribution in [0.3, 0.4) is 0 Å². The number of allylic oxidation sites excluding steroid dienone is 2. The number of ketones is 2. The van der Waals surface area contributed by atoms with Gasteiger partial charge in [-0.15, -0.1) is 0 Å². The number of hydrogen-bond acceptors (Lipinski definition) is 3.